The number of aryl methyl sites for hydroxylation is 1. The molecule has 3 aromatic rings. The van der Waals surface area contributed by atoms with Gasteiger partial charge in [-0.15, -0.1) is 0 Å². The van der Waals surface area contributed by atoms with Crippen molar-refractivity contribution < 1.29 is 19.1 Å². The van der Waals surface area contributed by atoms with Gasteiger partial charge < -0.3 is 20.1 Å². The standard InChI is InChI=1S/C23H22N2O4/c1-15-9-11-18(14-19(15)25-22(26)16-7-5-4-6-8-16)24-23(27)17-10-12-20(28-2)21(13-17)29-3/h4-14H,1-3H3,(H,24,27)(H,25,26). The number of carbonyl (C=O) groups excluding carboxylic acids is 2. The van der Waals surface area contributed by atoms with Gasteiger partial charge in [-0.1, -0.05) is 24.3 Å². The monoisotopic (exact) mass is 390 g/mol. The fourth-order valence-corrected chi connectivity index (χ4v) is 2.80. The van der Waals surface area contributed by atoms with Gasteiger partial charge in [0, 0.05) is 22.5 Å². The lowest BCUT2D eigenvalue weighted by molar-refractivity contribution is 0.101. The van der Waals surface area contributed by atoms with Crippen molar-refractivity contribution in [3.05, 3.63) is 83.4 Å². The zero-order valence-electron chi connectivity index (χ0n) is 16.5. The van der Waals surface area contributed by atoms with Crippen LogP contribution in [0.3, 0.4) is 0 Å². The van der Waals surface area contributed by atoms with E-state index in [9.17, 15) is 9.59 Å². The van der Waals surface area contributed by atoms with Crippen LogP contribution in [-0.2, 0) is 0 Å². The van der Waals surface area contributed by atoms with Crippen molar-refractivity contribution in [1.29, 1.82) is 0 Å². The number of anilines is 2. The lowest BCUT2D eigenvalue weighted by Crippen LogP contribution is -2.15. The minimum atomic E-state index is -0.296. The van der Waals surface area contributed by atoms with Crippen LogP contribution in [0.5, 0.6) is 11.5 Å². The van der Waals surface area contributed by atoms with Gasteiger partial charge in [-0.05, 0) is 55.0 Å². The van der Waals surface area contributed by atoms with Crippen LogP contribution in [0.15, 0.2) is 66.7 Å². The van der Waals surface area contributed by atoms with Gasteiger partial charge in [-0.2, -0.15) is 0 Å². The Morgan fingerprint density at radius 1 is 0.724 bits per heavy atom. The molecule has 3 aromatic carbocycles. The summed E-state index contributed by atoms with van der Waals surface area (Å²) >= 11 is 0. The summed E-state index contributed by atoms with van der Waals surface area (Å²) in [6.45, 7) is 1.89. The van der Waals surface area contributed by atoms with Crippen LogP contribution >= 0.6 is 0 Å². The third-order valence-electron chi connectivity index (χ3n) is 4.43. The lowest BCUT2D eigenvalue weighted by Gasteiger charge is -2.13. The molecule has 0 atom stereocenters. The molecule has 0 aliphatic heterocycles. The molecule has 3 rings (SSSR count). The van der Waals surface area contributed by atoms with Gasteiger partial charge in [0.25, 0.3) is 11.8 Å². The zero-order chi connectivity index (χ0) is 20.8. The van der Waals surface area contributed by atoms with Crippen LogP contribution < -0.4 is 20.1 Å². The summed E-state index contributed by atoms with van der Waals surface area (Å²) in [7, 11) is 3.05. The fourth-order valence-electron chi connectivity index (χ4n) is 2.80. The maximum absolute atomic E-state index is 12.6. The van der Waals surface area contributed by atoms with Gasteiger partial charge in [0.05, 0.1) is 14.2 Å². The Hall–Kier alpha value is -3.80. The van der Waals surface area contributed by atoms with Crippen LogP contribution in [0.25, 0.3) is 0 Å². The minimum Gasteiger partial charge on any atom is -0.493 e. The van der Waals surface area contributed by atoms with Gasteiger partial charge in [-0.3, -0.25) is 9.59 Å². The van der Waals surface area contributed by atoms with Crippen molar-refractivity contribution in [3.8, 4) is 11.5 Å². The molecule has 0 unspecified atom stereocenters. The molecule has 6 nitrogen and oxygen atoms in total. The highest BCUT2D eigenvalue weighted by molar-refractivity contribution is 6.07. The molecule has 0 radical (unpaired) electrons. The Kier molecular flexibility index (Phi) is 6.14. The van der Waals surface area contributed by atoms with Crippen molar-refractivity contribution in [2.24, 2.45) is 0 Å². The van der Waals surface area contributed by atoms with E-state index in [4.69, 9.17) is 9.47 Å². The molecule has 0 aromatic heterocycles. The van der Waals surface area contributed by atoms with E-state index in [1.54, 1.807) is 42.5 Å². The summed E-state index contributed by atoms with van der Waals surface area (Å²) < 4.78 is 10.4. The van der Waals surface area contributed by atoms with Crippen molar-refractivity contribution >= 4 is 23.2 Å². The van der Waals surface area contributed by atoms with Gasteiger partial charge in [0.15, 0.2) is 11.5 Å². The quantitative estimate of drug-likeness (QED) is 0.649. The van der Waals surface area contributed by atoms with Crippen LogP contribution in [0.4, 0.5) is 11.4 Å². The normalized spacial score (nSPS) is 10.2. The fraction of sp³-hybridized carbons (Fsp3) is 0.130. The predicted molar refractivity (Wildman–Crippen MR) is 113 cm³/mol. The van der Waals surface area contributed by atoms with Crippen LogP contribution in [0.2, 0.25) is 0 Å². The molecule has 0 saturated heterocycles. The second-order valence-electron chi connectivity index (χ2n) is 6.37. The molecule has 0 fully saturated rings. The van der Waals surface area contributed by atoms with Crippen molar-refractivity contribution in [1.82, 2.24) is 0 Å². The Balaban J connectivity index is 1.77. The van der Waals surface area contributed by atoms with Crippen LogP contribution in [0.1, 0.15) is 26.3 Å². The molecule has 29 heavy (non-hydrogen) atoms. The second-order valence-corrected chi connectivity index (χ2v) is 6.37. The predicted octanol–water partition coefficient (Wildman–Crippen LogP) is 4.52. The molecule has 0 heterocycles. The van der Waals surface area contributed by atoms with Crippen molar-refractivity contribution in [3.63, 3.8) is 0 Å². The van der Waals surface area contributed by atoms with Gasteiger partial charge in [0.2, 0.25) is 0 Å². The van der Waals surface area contributed by atoms with E-state index >= 15 is 0 Å². The molecule has 2 N–H and O–H groups in total. The SMILES string of the molecule is COc1ccc(C(=O)Nc2ccc(C)c(NC(=O)c3ccccc3)c2)cc1OC. The first kappa shape index (κ1) is 19.9. The molecule has 0 bridgehead atoms. The number of benzene rings is 3. The minimum absolute atomic E-state index is 0.211. The topological polar surface area (TPSA) is 76.7 Å². The number of hydrogen-bond acceptors (Lipinski definition) is 4. The first-order valence-corrected chi connectivity index (χ1v) is 9.02. The highest BCUT2D eigenvalue weighted by atomic mass is 16.5. The molecule has 0 saturated carbocycles. The van der Waals surface area contributed by atoms with Gasteiger partial charge in [0.1, 0.15) is 0 Å². The Labute approximate surface area is 169 Å². The first-order chi connectivity index (χ1) is 14.0. The molecule has 0 aliphatic carbocycles. The number of carbonyl (C=O) groups is 2. The summed E-state index contributed by atoms with van der Waals surface area (Å²) in [4.78, 5) is 25.1. The van der Waals surface area contributed by atoms with Crippen LogP contribution in [0, 0.1) is 6.92 Å². The molecule has 0 aliphatic rings. The highest BCUT2D eigenvalue weighted by Gasteiger charge is 2.13. The van der Waals surface area contributed by atoms with Crippen molar-refractivity contribution in [2.45, 2.75) is 6.92 Å². The largest absolute Gasteiger partial charge is 0.493 e. The number of amides is 2. The third-order valence-corrected chi connectivity index (χ3v) is 4.43. The smallest absolute Gasteiger partial charge is 0.255 e. The summed E-state index contributed by atoms with van der Waals surface area (Å²) in [5.41, 5.74) is 3.07. The maximum Gasteiger partial charge on any atom is 0.255 e. The summed E-state index contributed by atoms with van der Waals surface area (Å²) in [6, 6.07) is 19.2. The number of hydrogen-bond donors (Lipinski definition) is 2. The maximum atomic E-state index is 12.6. The highest BCUT2D eigenvalue weighted by Crippen LogP contribution is 2.28. The molecular formula is C23H22N2O4. The van der Waals surface area contributed by atoms with E-state index in [0.29, 0.717) is 34.0 Å². The Morgan fingerprint density at radius 2 is 1.41 bits per heavy atom. The van der Waals surface area contributed by atoms with Crippen LogP contribution in [-0.4, -0.2) is 26.0 Å². The zero-order valence-corrected chi connectivity index (χ0v) is 16.5. The third kappa shape index (κ3) is 4.73. The molecule has 2 amide bonds. The lowest BCUT2D eigenvalue weighted by atomic mass is 10.1. The van der Waals surface area contributed by atoms with E-state index in [0.717, 1.165) is 5.56 Å². The Bertz CT molecular complexity index is 1030. The van der Waals surface area contributed by atoms with Gasteiger partial charge >= 0.3 is 0 Å². The number of rotatable bonds is 6. The number of methoxy groups -OCH3 is 2. The number of ether oxygens (including phenoxy) is 2. The van der Waals surface area contributed by atoms with E-state index in [1.807, 2.05) is 31.2 Å². The average Bonchev–Trinajstić information content (AvgIpc) is 2.76. The Morgan fingerprint density at radius 3 is 2.10 bits per heavy atom. The van der Waals surface area contributed by atoms with E-state index in [1.165, 1.54) is 14.2 Å². The molecule has 0 spiro atoms. The molecule has 148 valence electrons. The summed E-state index contributed by atoms with van der Waals surface area (Å²) in [5, 5.41) is 5.73. The number of nitrogens with one attached hydrogen (secondary N) is 2. The van der Waals surface area contributed by atoms with Crippen molar-refractivity contribution in [2.75, 3.05) is 24.9 Å². The van der Waals surface area contributed by atoms with E-state index in [2.05, 4.69) is 10.6 Å². The second kappa shape index (κ2) is 8.93. The van der Waals surface area contributed by atoms with E-state index in [-0.39, 0.29) is 11.8 Å². The summed E-state index contributed by atoms with van der Waals surface area (Å²) in [5.74, 6) is 0.511. The molecule has 6 heteroatoms. The first-order valence-electron chi connectivity index (χ1n) is 9.02. The summed E-state index contributed by atoms with van der Waals surface area (Å²) in [6.07, 6.45) is 0. The van der Waals surface area contributed by atoms with E-state index < -0.39 is 0 Å². The molecular weight excluding hydrogens is 368 g/mol. The average molecular weight is 390 g/mol. The van der Waals surface area contributed by atoms with Gasteiger partial charge in [-0.25, -0.2) is 0 Å².